The molecule has 1 rings (SSSR count). The topological polar surface area (TPSA) is 12.0 Å². The molecule has 0 aromatic heterocycles. The Kier molecular flexibility index (Phi) is 5.42. The molecule has 3 heteroatoms. The van der Waals surface area contributed by atoms with Crippen LogP contribution in [0.15, 0.2) is 22.7 Å². The molecule has 1 nitrogen and oxygen atoms in total. The van der Waals surface area contributed by atoms with Crippen LogP contribution in [0.5, 0.6) is 0 Å². The van der Waals surface area contributed by atoms with Gasteiger partial charge in [-0.1, -0.05) is 26.8 Å². The summed E-state index contributed by atoms with van der Waals surface area (Å²) in [6, 6.07) is 5.66. The maximum atomic E-state index is 13.0. The average molecular weight is 288 g/mol. The molecule has 0 radical (unpaired) electrons. The van der Waals surface area contributed by atoms with Gasteiger partial charge in [0.05, 0.1) is 4.47 Å². The van der Waals surface area contributed by atoms with E-state index in [1.54, 1.807) is 0 Å². The molecule has 1 unspecified atom stereocenters. The summed E-state index contributed by atoms with van der Waals surface area (Å²) in [7, 11) is 0. The molecule has 1 aromatic carbocycles. The van der Waals surface area contributed by atoms with E-state index in [1.165, 1.54) is 6.07 Å². The van der Waals surface area contributed by atoms with Crippen molar-refractivity contribution in [2.24, 2.45) is 5.92 Å². The minimum Gasteiger partial charge on any atom is -0.310 e. The van der Waals surface area contributed by atoms with Crippen molar-refractivity contribution < 1.29 is 4.39 Å². The maximum Gasteiger partial charge on any atom is 0.137 e. The van der Waals surface area contributed by atoms with E-state index >= 15 is 0 Å². The molecule has 0 heterocycles. The third kappa shape index (κ3) is 3.87. The molecule has 0 fully saturated rings. The molecule has 0 aliphatic heterocycles. The largest absolute Gasteiger partial charge is 0.310 e. The average Bonchev–Trinajstić information content (AvgIpc) is 2.23. The zero-order chi connectivity index (χ0) is 12.1. The molecule has 0 bridgehead atoms. The number of rotatable bonds is 5. The Labute approximate surface area is 106 Å². The lowest BCUT2D eigenvalue weighted by molar-refractivity contribution is 0.387. The van der Waals surface area contributed by atoms with Gasteiger partial charge in [0.2, 0.25) is 0 Å². The first-order valence-electron chi connectivity index (χ1n) is 5.72. The predicted octanol–water partition coefficient (Wildman–Crippen LogP) is 4.11. The van der Waals surface area contributed by atoms with Gasteiger partial charge in [0.1, 0.15) is 5.82 Å². The molecule has 1 aromatic rings. The molecule has 1 atom stereocenters. The van der Waals surface area contributed by atoms with Crippen LogP contribution in [0.4, 0.5) is 4.39 Å². The number of nitrogens with one attached hydrogen (secondary N) is 1. The van der Waals surface area contributed by atoms with Gasteiger partial charge in [0.15, 0.2) is 0 Å². The molecule has 0 aliphatic rings. The highest BCUT2D eigenvalue weighted by Gasteiger charge is 2.10. The molecule has 90 valence electrons. The summed E-state index contributed by atoms with van der Waals surface area (Å²) in [5.41, 5.74) is 1.10. The number of halogens is 2. The molecular formula is C13H19BrFN. The van der Waals surface area contributed by atoms with Gasteiger partial charge in [0, 0.05) is 12.6 Å². The van der Waals surface area contributed by atoms with Crippen LogP contribution in [-0.2, 0) is 6.54 Å². The van der Waals surface area contributed by atoms with E-state index in [9.17, 15) is 4.39 Å². The quantitative estimate of drug-likeness (QED) is 0.859. The number of hydrogen-bond acceptors (Lipinski definition) is 1. The summed E-state index contributed by atoms with van der Waals surface area (Å²) in [4.78, 5) is 0. The summed E-state index contributed by atoms with van der Waals surface area (Å²) in [6.45, 7) is 7.39. The van der Waals surface area contributed by atoms with Crippen LogP contribution in [-0.4, -0.2) is 6.04 Å². The monoisotopic (exact) mass is 287 g/mol. The molecule has 0 aliphatic carbocycles. The Morgan fingerprint density at radius 3 is 2.56 bits per heavy atom. The van der Waals surface area contributed by atoms with Crippen LogP contribution < -0.4 is 5.32 Å². The van der Waals surface area contributed by atoms with E-state index < -0.39 is 0 Å². The van der Waals surface area contributed by atoms with E-state index in [1.807, 2.05) is 12.1 Å². The lowest BCUT2D eigenvalue weighted by atomic mass is 10.0. The summed E-state index contributed by atoms with van der Waals surface area (Å²) in [6.07, 6.45) is 1.11. The summed E-state index contributed by atoms with van der Waals surface area (Å²) in [5.74, 6) is 0.411. The van der Waals surface area contributed by atoms with Gasteiger partial charge in [-0.2, -0.15) is 0 Å². The van der Waals surface area contributed by atoms with Crippen LogP contribution in [0.3, 0.4) is 0 Å². The molecule has 16 heavy (non-hydrogen) atoms. The minimum absolute atomic E-state index is 0.209. The molecule has 0 saturated heterocycles. The zero-order valence-corrected chi connectivity index (χ0v) is 11.6. The first-order valence-corrected chi connectivity index (χ1v) is 6.51. The molecule has 0 amide bonds. The highest BCUT2D eigenvalue weighted by Crippen LogP contribution is 2.17. The van der Waals surface area contributed by atoms with Crippen molar-refractivity contribution in [1.82, 2.24) is 5.32 Å². The molecule has 1 N–H and O–H groups in total. The number of hydrogen-bond donors (Lipinski definition) is 1. The van der Waals surface area contributed by atoms with Crippen LogP contribution in [0, 0.1) is 11.7 Å². The first-order chi connectivity index (χ1) is 7.54. The van der Waals surface area contributed by atoms with Gasteiger partial charge in [0.25, 0.3) is 0 Å². The minimum atomic E-state index is -0.209. The summed E-state index contributed by atoms with van der Waals surface area (Å²) >= 11 is 3.20. The maximum absolute atomic E-state index is 13.0. The van der Waals surface area contributed by atoms with Crippen molar-refractivity contribution in [3.8, 4) is 0 Å². The summed E-state index contributed by atoms with van der Waals surface area (Å²) in [5, 5.41) is 3.49. The van der Waals surface area contributed by atoms with Crippen LogP contribution in [0.2, 0.25) is 0 Å². The Bertz CT molecular complexity index is 339. The second-order valence-electron chi connectivity index (χ2n) is 4.39. The van der Waals surface area contributed by atoms with Crippen molar-refractivity contribution >= 4 is 15.9 Å². The normalized spacial score (nSPS) is 13.1. The van der Waals surface area contributed by atoms with E-state index in [4.69, 9.17) is 0 Å². The third-order valence-corrected chi connectivity index (χ3v) is 3.40. The van der Waals surface area contributed by atoms with Gasteiger partial charge < -0.3 is 5.32 Å². The van der Waals surface area contributed by atoms with E-state index in [-0.39, 0.29) is 5.82 Å². The Morgan fingerprint density at radius 1 is 1.38 bits per heavy atom. The predicted molar refractivity (Wildman–Crippen MR) is 69.9 cm³/mol. The zero-order valence-electron chi connectivity index (χ0n) is 10.1. The van der Waals surface area contributed by atoms with Gasteiger partial charge in [-0.25, -0.2) is 4.39 Å². The number of benzene rings is 1. The van der Waals surface area contributed by atoms with E-state index in [0.29, 0.717) is 16.4 Å². The summed E-state index contributed by atoms with van der Waals surface area (Å²) < 4.78 is 13.6. The smallest absolute Gasteiger partial charge is 0.137 e. The van der Waals surface area contributed by atoms with Crippen LogP contribution >= 0.6 is 15.9 Å². The van der Waals surface area contributed by atoms with E-state index in [2.05, 4.69) is 42.0 Å². The Morgan fingerprint density at radius 2 is 2.06 bits per heavy atom. The molecule has 0 saturated carbocycles. The van der Waals surface area contributed by atoms with Crippen molar-refractivity contribution in [3.05, 3.63) is 34.1 Å². The Balaban J connectivity index is 2.57. The van der Waals surface area contributed by atoms with Crippen LogP contribution in [0.1, 0.15) is 32.8 Å². The van der Waals surface area contributed by atoms with Crippen LogP contribution in [0.25, 0.3) is 0 Å². The van der Waals surface area contributed by atoms with Gasteiger partial charge in [-0.05, 0) is 46.0 Å². The van der Waals surface area contributed by atoms with Gasteiger partial charge >= 0.3 is 0 Å². The van der Waals surface area contributed by atoms with Crippen molar-refractivity contribution in [1.29, 1.82) is 0 Å². The van der Waals surface area contributed by atoms with Gasteiger partial charge in [-0.15, -0.1) is 0 Å². The fourth-order valence-corrected chi connectivity index (χ4v) is 2.18. The van der Waals surface area contributed by atoms with E-state index in [0.717, 1.165) is 18.5 Å². The molecular weight excluding hydrogens is 269 g/mol. The van der Waals surface area contributed by atoms with Gasteiger partial charge in [-0.3, -0.25) is 0 Å². The lowest BCUT2D eigenvalue weighted by Crippen LogP contribution is -2.32. The Hall–Kier alpha value is -0.410. The fraction of sp³-hybridized carbons (Fsp3) is 0.538. The fourth-order valence-electron chi connectivity index (χ4n) is 1.75. The first kappa shape index (κ1) is 13.7. The molecule has 0 spiro atoms. The van der Waals surface area contributed by atoms with Crippen molar-refractivity contribution in [2.45, 2.75) is 39.8 Å². The SMILES string of the molecule is CCC(NCc1ccc(F)c(Br)c1)C(C)C. The lowest BCUT2D eigenvalue weighted by Gasteiger charge is -2.20. The van der Waals surface area contributed by atoms with Crippen molar-refractivity contribution in [3.63, 3.8) is 0 Å². The highest BCUT2D eigenvalue weighted by atomic mass is 79.9. The highest BCUT2D eigenvalue weighted by molar-refractivity contribution is 9.10. The third-order valence-electron chi connectivity index (χ3n) is 2.80. The standard InChI is InChI=1S/C13H19BrFN/c1-4-13(9(2)3)16-8-10-5-6-12(15)11(14)7-10/h5-7,9,13,16H,4,8H2,1-3H3. The second-order valence-corrected chi connectivity index (χ2v) is 5.24. The second kappa shape index (κ2) is 6.36. The van der Waals surface area contributed by atoms with Crippen molar-refractivity contribution in [2.75, 3.05) is 0 Å².